The number of anilines is 1. The quantitative estimate of drug-likeness (QED) is 0.678. The highest BCUT2D eigenvalue weighted by Gasteiger charge is 2.05. The molecule has 0 fully saturated rings. The first kappa shape index (κ1) is 14.3. The highest BCUT2D eigenvalue weighted by Crippen LogP contribution is 2.15. The van der Waals surface area contributed by atoms with Crippen molar-refractivity contribution < 1.29 is 9.59 Å². The number of aromatic nitrogens is 1. The molecule has 4 nitrogen and oxygen atoms in total. The predicted octanol–water partition coefficient (Wildman–Crippen LogP) is 3.02. The van der Waals surface area contributed by atoms with Crippen LogP contribution in [0.15, 0.2) is 53.7 Å². The number of hydrogen-bond donors (Lipinski definition) is 1. The zero-order chi connectivity index (χ0) is 14.4. The molecule has 0 unspecified atom stereocenters. The Balaban J connectivity index is 1.86. The molecule has 2 rings (SSSR count). The standard InChI is InChI=1S/C15H14N2O2S/c1-11(18)12-5-7-13(8-6-12)17-14(19)10-20-15-4-2-3-9-16-15/h2-9H,10H2,1H3,(H,17,19). The van der Waals surface area contributed by atoms with Gasteiger partial charge in [0.2, 0.25) is 5.91 Å². The van der Waals surface area contributed by atoms with Gasteiger partial charge in [0, 0.05) is 17.4 Å². The Morgan fingerprint density at radius 1 is 1.15 bits per heavy atom. The van der Waals surface area contributed by atoms with Gasteiger partial charge in [-0.3, -0.25) is 9.59 Å². The van der Waals surface area contributed by atoms with Crippen LogP contribution in [0.1, 0.15) is 17.3 Å². The SMILES string of the molecule is CC(=O)c1ccc(NC(=O)CSc2ccccn2)cc1. The molecule has 5 heteroatoms. The van der Waals surface area contributed by atoms with E-state index in [0.29, 0.717) is 17.0 Å². The second-order valence-corrected chi connectivity index (χ2v) is 5.13. The van der Waals surface area contributed by atoms with E-state index in [2.05, 4.69) is 10.3 Å². The Morgan fingerprint density at radius 3 is 2.50 bits per heavy atom. The number of hydrogen-bond acceptors (Lipinski definition) is 4. The van der Waals surface area contributed by atoms with Gasteiger partial charge in [-0.2, -0.15) is 0 Å². The van der Waals surface area contributed by atoms with Gasteiger partial charge in [0.15, 0.2) is 5.78 Å². The monoisotopic (exact) mass is 286 g/mol. The molecule has 0 aliphatic rings. The van der Waals surface area contributed by atoms with Gasteiger partial charge in [0.05, 0.1) is 10.8 Å². The van der Waals surface area contributed by atoms with E-state index >= 15 is 0 Å². The molecule has 0 radical (unpaired) electrons. The van der Waals surface area contributed by atoms with Crippen molar-refractivity contribution >= 4 is 29.1 Å². The zero-order valence-corrected chi connectivity index (χ0v) is 11.8. The number of rotatable bonds is 5. The highest BCUT2D eigenvalue weighted by atomic mass is 32.2. The summed E-state index contributed by atoms with van der Waals surface area (Å²) in [6, 6.07) is 12.4. The maximum absolute atomic E-state index is 11.8. The van der Waals surface area contributed by atoms with E-state index < -0.39 is 0 Å². The molecular formula is C15H14N2O2S. The number of amides is 1. The summed E-state index contributed by atoms with van der Waals surface area (Å²) in [4.78, 5) is 27.1. The largest absolute Gasteiger partial charge is 0.325 e. The molecule has 1 aromatic carbocycles. The first-order valence-electron chi connectivity index (χ1n) is 6.10. The van der Waals surface area contributed by atoms with Crippen molar-refractivity contribution in [2.75, 3.05) is 11.1 Å². The van der Waals surface area contributed by atoms with E-state index in [9.17, 15) is 9.59 Å². The minimum absolute atomic E-state index is 0.00795. The van der Waals surface area contributed by atoms with Gasteiger partial charge in [-0.05, 0) is 43.3 Å². The van der Waals surface area contributed by atoms with E-state index in [1.165, 1.54) is 18.7 Å². The van der Waals surface area contributed by atoms with Crippen molar-refractivity contribution in [3.8, 4) is 0 Å². The van der Waals surface area contributed by atoms with Crippen LogP contribution in [-0.2, 0) is 4.79 Å². The Bertz CT molecular complexity index is 597. The molecule has 0 saturated carbocycles. The van der Waals surface area contributed by atoms with Crippen molar-refractivity contribution in [2.45, 2.75) is 11.9 Å². The summed E-state index contributed by atoms with van der Waals surface area (Å²) in [6.45, 7) is 1.51. The maximum atomic E-state index is 11.8. The summed E-state index contributed by atoms with van der Waals surface area (Å²) in [7, 11) is 0. The molecule has 102 valence electrons. The lowest BCUT2D eigenvalue weighted by molar-refractivity contribution is -0.113. The smallest absolute Gasteiger partial charge is 0.234 e. The average Bonchev–Trinajstić information content (AvgIpc) is 2.47. The molecule has 20 heavy (non-hydrogen) atoms. The summed E-state index contributed by atoms with van der Waals surface area (Å²) in [5.74, 6) is 0.204. The average molecular weight is 286 g/mol. The van der Waals surface area contributed by atoms with Crippen LogP contribution in [0.2, 0.25) is 0 Å². The number of benzene rings is 1. The van der Waals surface area contributed by atoms with Gasteiger partial charge in [-0.1, -0.05) is 17.8 Å². The van der Waals surface area contributed by atoms with Gasteiger partial charge < -0.3 is 5.32 Å². The van der Waals surface area contributed by atoms with Crippen LogP contribution in [0.25, 0.3) is 0 Å². The summed E-state index contributed by atoms with van der Waals surface area (Å²) < 4.78 is 0. The van der Waals surface area contributed by atoms with Gasteiger partial charge in [0.1, 0.15) is 0 Å². The van der Waals surface area contributed by atoms with Crippen molar-refractivity contribution in [3.63, 3.8) is 0 Å². The number of nitrogens with one attached hydrogen (secondary N) is 1. The normalized spacial score (nSPS) is 10.1. The summed E-state index contributed by atoms with van der Waals surface area (Å²) in [6.07, 6.45) is 1.70. The lowest BCUT2D eigenvalue weighted by Crippen LogP contribution is -2.14. The van der Waals surface area contributed by atoms with E-state index in [1.54, 1.807) is 30.5 Å². The first-order chi connectivity index (χ1) is 9.65. The van der Waals surface area contributed by atoms with Crippen LogP contribution >= 0.6 is 11.8 Å². The number of carbonyl (C=O) groups is 2. The summed E-state index contributed by atoms with van der Waals surface area (Å²) >= 11 is 1.38. The van der Waals surface area contributed by atoms with Crippen LogP contribution in [0, 0.1) is 0 Å². The van der Waals surface area contributed by atoms with Crippen LogP contribution in [-0.4, -0.2) is 22.4 Å². The van der Waals surface area contributed by atoms with Crippen molar-refractivity contribution in [3.05, 3.63) is 54.2 Å². The molecular weight excluding hydrogens is 272 g/mol. The molecule has 1 amide bonds. The second-order valence-electron chi connectivity index (χ2n) is 4.14. The molecule has 1 N–H and O–H groups in total. The third kappa shape index (κ3) is 4.20. The molecule has 0 saturated heterocycles. The molecule has 0 spiro atoms. The number of pyridine rings is 1. The third-order valence-corrected chi connectivity index (χ3v) is 3.51. The van der Waals surface area contributed by atoms with Crippen LogP contribution in [0.5, 0.6) is 0 Å². The van der Waals surface area contributed by atoms with E-state index in [-0.39, 0.29) is 11.7 Å². The van der Waals surface area contributed by atoms with Crippen molar-refractivity contribution in [1.82, 2.24) is 4.98 Å². The molecule has 0 bridgehead atoms. The molecule has 0 atom stereocenters. The van der Waals surface area contributed by atoms with Crippen molar-refractivity contribution in [1.29, 1.82) is 0 Å². The molecule has 0 aliphatic carbocycles. The maximum Gasteiger partial charge on any atom is 0.234 e. The summed E-state index contributed by atoms with van der Waals surface area (Å²) in [5.41, 5.74) is 1.31. The first-order valence-corrected chi connectivity index (χ1v) is 7.08. The van der Waals surface area contributed by atoms with Gasteiger partial charge >= 0.3 is 0 Å². The highest BCUT2D eigenvalue weighted by molar-refractivity contribution is 7.99. The van der Waals surface area contributed by atoms with Gasteiger partial charge in [-0.25, -0.2) is 4.98 Å². The Morgan fingerprint density at radius 2 is 1.90 bits per heavy atom. The number of ketones is 1. The fraction of sp³-hybridized carbons (Fsp3) is 0.133. The molecule has 1 heterocycles. The minimum atomic E-state index is -0.101. The topological polar surface area (TPSA) is 59.1 Å². The molecule has 2 aromatic rings. The third-order valence-electron chi connectivity index (χ3n) is 2.56. The van der Waals surface area contributed by atoms with Gasteiger partial charge in [0.25, 0.3) is 0 Å². The van der Waals surface area contributed by atoms with E-state index in [4.69, 9.17) is 0 Å². The lowest BCUT2D eigenvalue weighted by Gasteiger charge is -2.05. The number of carbonyl (C=O) groups excluding carboxylic acids is 2. The Labute approximate surface area is 121 Å². The number of Topliss-reactive ketones (excluding diaryl/α,β-unsaturated/α-hetero) is 1. The Hall–Kier alpha value is -2.14. The second kappa shape index (κ2) is 6.86. The zero-order valence-electron chi connectivity index (χ0n) is 11.0. The van der Waals surface area contributed by atoms with Crippen LogP contribution < -0.4 is 5.32 Å². The fourth-order valence-corrected chi connectivity index (χ4v) is 2.22. The van der Waals surface area contributed by atoms with Crippen LogP contribution in [0.4, 0.5) is 5.69 Å². The van der Waals surface area contributed by atoms with Crippen molar-refractivity contribution in [2.24, 2.45) is 0 Å². The van der Waals surface area contributed by atoms with Crippen LogP contribution in [0.3, 0.4) is 0 Å². The summed E-state index contributed by atoms with van der Waals surface area (Å²) in [5, 5.41) is 3.59. The fourth-order valence-electron chi connectivity index (χ4n) is 1.56. The van der Waals surface area contributed by atoms with E-state index in [1.807, 2.05) is 18.2 Å². The van der Waals surface area contributed by atoms with E-state index in [0.717, 1.165) is 5.03 Å². The molecule has 1 aromatic heterocycles. The van der Waals surface area contributed by atoms with Gasteiger partial charge in [-0.15, -0.1) is 0 Å². The number of nitrogens with zero attached hydrogens (tertiary/aromatic N) is 1. The Kier molecular flexibility index (Phi) is 4.90. The lowest BCUT2D eigenvalue weighted by atomic mass is 10.1. The number of thioether (sulfide) groups is 1. The predicted molar refractivity (Wildman–Crippen MR) is 80.0 cm³/mol. The molecule has 0 aliphatic heterocycles. The minimum Gasteiger partial charge on any atom is -0.325 e.